The van der Waals surface area contributed by atoms with Crippen LogP contribution in [0.4, 0.5) is 0 Å². The molecule has 10 rings (SSSR count). The van der Waals surface area contributed by atoms with Crippen molar-refractivity contribution in [2.75, 3.05) is 11.5 Å². The number of rotatable bonds is 10. The molecule has 0 bridgehead atoms. The standard InChI is InChI=1S/C53H90N2OS/c1-3-4-13-36(2)37-24-26-42(27-25-37)54(41-16-9-6-10-17-41)43-28-30-44(31-29-43)55-49-35-57-33-32-46(49)51-47(40-22-20-39(21-23-40)38-14-7-5-8-15-38)34-48-45-18-11-12-19-50(45)56-53(48)52(51)55/h36-53H,3-35H2,1-2H3. The molecule has 10 aliphatic rings. The highest BCUT2D eigenvalue weighted by Gasteiger charge is 2.64. The third-order valence-electron chi connectivity index (χ3n) is 20.7. The largest absolute Gasteiger partial charge is 0.373 e. The van der Waals surface area contributed by atoms with Gasteiger partial charge in [-0.25, -0.2) is 0 Å². The summed E-state index contributed by atoms with van der Waals surface area (Å²) in [5, 5.41) is 0. The van der Waals surface area contributed by atoms with Crippen LogP contribution in [0.15, 0.2) is 0 Å². The zero-order valence-corrected chi connectivity index (χ0v) is 38.3. The summed E-state index contributed by atoms with van der Waals surface area (Å²) < 4.78 is 7.55. The molecule has 7 aliphatic carbocycles. The van der Waals surface area contributed by atoms with Crippen LogP contribution in [0.25, 0.3) is 0 Å². The topological polar surface area (TPSA) is 15.7 Å². The lowest BCUT2D eigenvalue weighted by Gasteiger charge is -2.52. The smallest absolute Gasteiger partial charge is 0.0769 e. The molecule has 0 radical (unpaired) electrons. The quantitative estimate of drug-likeness (QED) is 0.219. The minimum Gasteiger partial charge on any atom is -0.373 e. The van der Waals surface area contributed by atoms with Crippen LogP contribution in [0.2, 0.25) is 0 Å². The maximum Gasteiger partial charge on any atom is 0.0769 e. The van der Waals surface area contributed by atoms with E-state index in [-0.39, 0.29) is 0 Å². The van der Waals surface area contributed by atoms with Crippen molar-refractivity contribution in [1.82, 2.24) is 9.80 Å². The van der Waals surface area contributed by atoms with E-state index in [2.05, 4.69) is 35.4 Å². The van der Waals surface area contributed by atoms with E-state index in [1.54, 1.807) is 44.9 Å². The fourth-order valence-corrected chi connectivity index (χ4v) is 19.2. The van der Waals surface area contributed by atoms with Crippen molar-refractivity contribution in [3.8, 4) is 0 Å². The molecule has 3 saturated heterocycles. The number of hydrogen-bond acceptors (Lipinski definition) is 4. The lowest BCUT2D eigenvalue weighted by molar-refractivity contribution is -0.0881. The third kappa shape index (κ3) is 8.41. The first-order valence-electron chi connectivity index (χ1n) is 26.9. The highest BCUT2D eigenvalue weighted by molar-refractivity contribution is 7.99. The predicted molar refractivity (Wildman–Crippen MR) is 242 cm³/mol. The molecule has 0 aromatic carbocycles. The molecule has 0 spiro atoms. The van der Waals surface area contributed by atoms with Gasteiger partial charge in [0, 0.05) is 42.0 Å². The molecule has 3 nitrogen and oxygen atoms in total. The van der Waals surface area contributed by atoms with E-state index in [0.717, 1.165) is 95.4 Å². The summed E-state index contributed by atoms with van der Waals surface area (Å²) in [6.07, 6.45) is 47.7. The molecule has 7 saturated carbocycles. The summed E-state index contributed by atoms with van der Waals surface area (Å²) in [4.78, 5) is 6.66. The molecule has 10 unspecified atom stereocenters. The number of thioether (sulfide) groups is 1. The van der Waals surface area contributed by atoms with Gasteiger partial charge in [0.1, 0.15) is 0 Å². The summed E-state index contributed by atoms with van der Waals surface area (Å²) in [5.41, 5.74) is 0. The van der Waals surface area contributed by atoms with E-state index in [9.17, 15) is 0 Å². The van der Waals surface area contributed by atoms with Crippen molar-refractivity contribution in [1.29, 1.82) is 0 Å². The maximum atomic E-state index is 7.55. The van der Waals surface area contributed by atoms with Crippen LogP contribution in [0.1, 0.15) is 213 Å². The molecular weight excluding hydrogens is 713 g/mol. The Hall–Kier alpha value is 0.230. The molecule has 324 valence electrons. The summed E-state index contributed by atoms with van der Waals surface area (Å²) in [6.45, 7) is 4.98. The maximum absolute atomic E-state index is 7.55. The van der Waals surface area contributed by atoms with Gasteiger partial charge in [-0.05, 0) is 181 Å². The highest BCUT2D eigenvalue weighted by Crippen LogP contribution is 2.62. The Morgan fingerprint density at radius 2 is 1.23 bits per heavy atom. The van der Waals surface area contributed by atoms with Gasteiger partial charge < -0.3 is 4.74 Å². The van der Waals surface area contributed by atoms with Crippen molar-refractivity contribution in [3.63, 3.8) is 0 Å². The Kier molecular flexibility index (Phi) is 13.7. The molecule has 10 atom stereocenters. The lowest BCUT2D eigenvalue weighted by atomic mass is 9.56. The van der Waals surface area contributed by atoms with Crippen LogP contribution in [0.3, 0.4) is 0 Å². The Balaban J connectivity index is 0.871. The number of nitrogens with zero attached hydrogens (tertiary/aromatic N) is 2. The van der Waals surface area contributed by atoms with E-state index in [1.807, 2.05) is 0 Å². The fraction of sp³-hybridized carbons (Fsp3) is 1.00. The summed E-state index contributed by atoms with van der Waals surface area (Å²) in [5.74, 6) is 12.6. The molecule has 57 heavy (non-hydrogen) atoms. The Bertz CT molecular complexity index is 1240. The van der Waals surface area contributed by atoms with Crippen molar-refractivity contribution in [3.05, 3.63) is 0 Å². The van der Waals surface area contributed by atoms with Gasteiger partial charge in [-0.15, -0.1) is 0 Å². The molecule has 3 heterocycles. The molecule has 0 aromatic rings. The fourth-order valence-electron chi connectivity index (χ4n) is 17.9. The van der Waals surface area contributed by atoms with Crippen LogP contribution in [0, 0.1) is 59.2 Å². The van der Waals surface area contributed by atoms with Gasteiger partial charge >= 0.3 is 0 Å². The normalized spacial score (nSPS) is 46.9. The van der Waals surface area contributed by atoms with E-state index in [0.29, 0.717) is 12.2 Å². The first-order chi connectivity index (χ1) is 28.2. The second-order valence-electron chi connectivity index (χ2n) is 23.2. The number of likely N-dealkylation sites (tertiary alicyclic amines) is 1. The van der Waals surface area contributed by atoms with Crippen molar-refractivity contribution in [2.24, 2.45) is 59.2 Å². The number of ether oxygens (including phenoxy) is 1. The Morgan fingerprint density at radius 1 is 0.596 bits per heavy atom. The number of unbranched alkanes of at least 4 members (excludes halogenated alkanes) is 1. The summed E-state index contributed by atoms with van der Waals surface area (Å²) >= 11 is 2.34. The van der Waals surface area contributed by atoms with Gasteiger partial charge in [-0.3, -0.25) is 9.80 Å². The van der Waals surface area contributed by atoms with Crippen molar-refractivity contribution >= 4 is 11.8 Å². The molecule has 0 amide bonds. The Morgan fingerprint density at radius 3 is 1.96 bits per heavy atom. The third-order valence-corrected chi connectivity index (χ3v) is 21.8. The zero-order valence-electron chi connectivity index (χ0n) is 37.4. The zero-order chi connectivity index (χ0) is 38.3. The SMILES string of the molecule is CCCCC(C)C1CCC(N(C2CCCCC2)C2CCC(N3C4CSCCC4C4C(C5CCC(C6CCCCC6)CC5)CC5C6CCCCC6OC5C43)CC2)CC1. The van der Waals surface area contributed by atoms with E-state index >= 15 is 0 Å². The van der Waals surface area contributed by atoms with Gasteiger partial charge in [-0.2, -0.15) is 11.8 Å². The van der Waals surface area contributed by atoms with Gasteiger partial charge in [-0.1, -0.05) is 97.3 Å². The van der Waals surface area contributed by atoms with Crippen molar-refractivity contribution < 1.29 is 4.74 Å². The van der Waals surface area contributed by atoms with E-state index < -0.39 is 0 Å². The second kappa shape index (κ2) is 18.9. The number of fused-ring (bicyclic) bond motifs is 7. The molecule has 10 fully saturated rings. The minimum atomic E-state index is 0.555. The van der Waals surface area contributed by atoms with Crippen molar-refractivity contribution in [2.45, 2.75) is 261 Å². The predicted octanol–water partition coefficient (Wildman–Crippen LogP) is 13.7. The number of hydrogen-bond donors (Lipinski definition) is 0. The van der Waals surface area contributed by atoms with Crippen LogP contribution in [-0.4, -0.2) is 69.8 Å². The minimum absolute atomic E-state index is 0.555. The molecule has 4 heteroatoms. The van der Waals surface area contributed by atoms with E-state index in [4.69, 9.17) is 4.74 Å². The first-order valence-corrected chi connectivity index (χ1v) is 28.1. The molecule has 0 aromatic heterocycles. The lowest BCUT2D eigenvalue weighted by Crippen LogP contribution is -2.58. The first kappa shape index (κ1) is 41.3. The Labute approximate surface area is 356 Å². The van der Waals surface area contributed by atoms with Gasteiger partial charge in [0.25, 0.3) is 0 Å². The average molecular weight is 803 g/mol. The van der Waals surface area contributed by atoms with Gasteiger partial charge in [0.05, 0.1) is 12.2 Å². The monoisotopic (exact) mass is 803 g/mol. The highest BCUT2D eigenvalue weighted by atomic mass is 32.2. The van der Waals surface area contributed by atoms with E-state index in [1.165, 1.54) is 166 Å². The summed E-state index contributed by atoms with van der Waals surface area (Å²) in [7, 11) is 0. The van der Waals surface area contributed by atoms with Crippen LogP contribution in [-0.2, 0) is 4.74 Å². The molecule has 3 aliphatic heterocycles. The van der Waals surface area contributed by atoms with Crippen LogP contribution in [0.5, 0.6) is 0 Å². The molecule has 0 N–H and O–H groups in total. The van der Waals surface area contributed by atoms with Gasteiger partial charge in [0.15, 0.2) is 0 Å². The average Bonchev–Trinajstić information content (AvgIpc) is 3.83. The van der Waals surface area contributed by atoms with Crippen LogP contribution < -0.4 is 0 Å². The van der Waals surface area contributed by atoms with Gasteiger partial charge in [0.2, 0.25) is 0 Å². The molecular formula is C53H90N2OS. The van der Waals surface area contributed by atoms with Crippen LogP contribution >= 0.6 is 11.8 Å². The summed E-state index contributed by atoms with van der Waals surface area (Å²) in [6, 6.07) is 5.02. The second-order valence-corrected chi connectivity index (χ2v) is 24.4.